The minimum atomic E-state index is -0.854. The Labute approximate surface area is 146 Å². The number of amides is 1. The summed E-state index contributed by atoms with van der Waals surface area (Å²) in [5.74, 6) is -1.97. The Kier molecular flexibility index (Phi) is 4.68. The van der Waals surface area contributed by atoms with Crippen molar-refractivity contribution >= 4 is 23.5 Å². The van der Waals surface area contributed by atoms with E-state index < -0.39 is 17.8 Å². The summed E-state index contributed by atoms with van der Waals surface area (Å²) < 4.78 is 0. The van der Waals surface area contributed by atoms with Crippen molar-refractivity contribution in [1.29, 1.82) is 0 Å². The van der Waals surface area contributed by atoms with E-state index in [1.165, 1.54) is 11.1 Å². The third-order valence-corrected chi connectivity index (χ3v) is 5.64. The number of halogens is 1. The Bertz CT molecular complexity index is 691. The van der Waals surface area contributed by atoms with Gasteiger partial charge in [-0.25, -0.2) is 0 Å². The first kappa shape index (κ1) is 17.0. The average Bonchev–Trinajstić information content (AvgIpc) is 3.10. The number of nitrogens with one attached hydrogen (secondary N) is 1. The van der Waals surface area contributed by atoms with Crippen molar-refractivity contribution in [2.45, 2.75) is 33.2 Å². The fourth-order valence-electron chi connectivity index (χ4n) is 4.51. The Balaban J connectivity index is 1.77. The third-order valence-electron chi connectivity index (χ3n) is 5.39. The van der Waals surface area contributed by atoms with Gasteiger partial charge in [0.15, 0.2) is 0 Å². The first-order valence-corrected chi connectivity index (χ1v) is 8.70. The van der Waals surface area contributed by atoms with E-state index in [0.717, 1.165) is 18.4 Å². The number of hydrogen-bond acceptors (Lipinski definition) is 2. The highest BCUT2D eigenvalue weighted by Crippen LogP contribution is 2.57. The lowest BCUT2D eigenvalue weighted by Gasteiger charge is -2.26. The quantitative estimate of drug-likeness (QED) is 0.817. The van der Waals surface area contributed by atoms with Crippen molar-refractivity contribution in [3.8, 4) is 0 Å². The van der Waals surface area contributed by atoms with Gasteiger partial charge in [0, 0.05) is 11.6 Å². The summed E-state index contributed by atoms with van der Waals surface area (Å²) in [6.45, 7) is 4.43. The molecule has 4 atom stereocenters. The maximum Gasteiger partial charge on any atom is 0.307 e. The van der Waals surface area contributed by atoms with Crippen LogP contribution in [0.1, 0.15) is 32.3 Å². The van der Waals surface area contributed by atoms with E-state index in [0.29, 0.717) is 11.6 Å². The number of benzene rings is 1. The molecule has 2 bridgehead atoms. The molecule has 2 saturated carbocycles. The second-order valence-electron chi connectivity index (χ2n) is 6.98. The van der Waals surface area contributed by atoms with Crippen LogP contribution in [0.3, 0.4) is 0 Å². The monoisotopic (exact) mass is 347 g/mol. The summed E-state index contributed by atoms with van der Waals surface area (Å²) in [6.07, 6.45) is 1.79. The number of carbonyl (C=O) groups is 2. The van der Waals surface area contributed by atoms with Crippen molar-refractivity contribution in [3.05, 3.63) is 46.0 Å². The van der Waals surface area contributed by atoms with Crippen molar-refractivity contribution in [3.63, 3.8) is 0 Å². The summed E-state index contributed by atoms with van der Waals surface area (Å²) in [5, 5.41) is 13.2. The molecule has 0 saturated heterocycles. The summed E-state index contributed by atoms with van der Waals surface area (Å²) in [4.78, 5) is 24.5. The molecule has 0 spiro atoms. The maximum absolute atomic E-state index is 12.7. The molecule has 2 N–H and O–H groups in total. The minimum Gasteiger partial charge on any atom is -0.481 e. The van der Waals surface area contributed by atoms with Gasteiger partial charge in [0.05, 0.1) is 11.8 Å². The van der Waals surface area contributed by atoms with E-state index in [2.05, 4.69) is 5.32 Å². The van der Waals surface area contributed by atoms with Crippen LogP contribution in [0, 0.1) is 23.7 Å². The largest absolute Gasteiger partial charge is 0.481 e. The highest BCUT2D eigenvalue weighted by Gasteiger charge is 2.57. The minimum absolute atomic E-state index is 0.0174. The second-order valence-corrected chi connectivity index (χ2v) is 7.42. The average molecular weight is 348 g/mol. The molecule has 24 heavy (non-hydrogen) atoms. The van der Waals surface area contributed by atoms with Gasteiger partial charge in [-0.2, -0.15) is 0 Å². The molecule has 128 valence electrons. The van der Waals surface area contributed by atoms with Crippen LogP contribution in [0.25, 0.3) is 0 Å². The van der Waals surface area contributed by atoms with Gasteiger partial charge in [-0.05, 0) is 56.2 Å². The first-order chi connectivity index (χ1) is 11.4. The molecule has 3 rings (SSSR count). The Morgan fingerprint density at radius 3 is 2.25 bits per heavy atom. The predicted octanol–water partition coefficient (Wildman–Crippen LogP) is 3.65. The molecule has 4 nitrogen and oxygen atoms in total. The Hall–Kier alpha value is -1.81. The van der Waals surface area contributed by atoms with Gasteiger partial charge in [0.1, 0.15) is 0 Å². The second kappa shape index (κ2) is 6.60. The van der Waals surface area contributed by atoms with Crippen LogP contribution in [0.4, 0.5) is 0 Å². The molecule has 0 heterocycles. The highest BCUT2D eigenvalue weighted by molar-refractivity contribution is 6.30. The van der Waals surface area contributed by atoms with Crippen molar-refractivity contribution in [1.82, 2.24) is 5.32 Å². The van der Waals surface area contributed by atoms with Crippen LogP contribution in [-0.2, 0) is 16.1 Å². The van der Waals surface area contributed by atoms with Gasteiger partial charge in [0.25, 0.3) is 0 Å². The molecule has 1 aromatic rings. The number of carbonyl (C=O) groups excluding carboxylic acids is 1. The van der Waals surface area contributed by atoms with E-state index in [1.807, 2.05) is 26.0 Å². The van der Waals surface area contributed by atoms with E-state index in [1.54, 1.807) is 12.1 Å². The maximum atomic E-state index is 12.7. The zero-order chi connectivity index (χ0) is 17.4. The van der Waals surface area contributed by atoms with E-state index in [-0.39, 0.29) is 17.7 Å². The fourth-order valence-corrected chi connectivity index (χ4v) is 4.64. The number of allylic oxidation sites excluding steroid dienone is 2. The molecule has 0 radical (unpaired) electrons. The highest BCUT2D eigenvalue weighted by atomic mass is 35.5. The number of carboxylic acids is 1. The van der Waals surface area contributed by atoms with Crippen molar-refractivity contribution < 1.29 is 14.7 Å². The molecule has 2 fully saturated rings. The van der Waals surface area contributed by atoms with Crippen LogP contribution in [0.15, 0.2) is 35.4 Å². The van der Waals surface area contributed by atoms with Crippen LogP contribution in [0.2, 0.25) is 5.02 Å². The molecule has 1 amide bonds. The molecule has 2 aliphatic carbocycles. The van der Waals surface area contributed by atoms with E-state index in [9.17, 15) is 14.7 Å². The van der Waals surface area contributed by atoms with Gasteiger partial charge in [-0.1, -0.05) is 34.9 Å². The van der Waals surface area contributed by atoms with Gasteiger partial charge in [-0.15, -0.1) is 0 Å². The molecule has 5 heteroatoms. The Morgan fingerprint density at radius 2 is 1.71 bits per heavy atom. The molecule has 0 unspecified atom stereocenters. The SMILES string of the molecule is CC(C)=C1[C@H]2CC[C@H]1[C@@H](C(=O)O)[C@H]2C(=O)NCc1ccc(Cl)cc1. The van der Waals surface area contributed by atoms with E-state index in [4.69, 9.17) is 11.6 Å². The predicted molar refractivity (Wildman–Crippen MR) is 92.5 cm³/mol. The van der Waals surface area contributed by atoms with E-state index >= 15 is 0 Å². The molecule has 0 aliphatic heterocycles. The lowest BCUT2D eigenvalue weighted by molar-refractivity contribution is -0.149. The lowest BCUT2D eigenvalue weighted by Crippen LogP contribution is -2.41. The van der Waals surface area contributed by atoms with Gasteiger partial charge in [0.2, 0.25) is 5.91 Å². The molecular weight excluding hydrogens is 326 g/mol. The number of fused-ring (bicyclic) bond motifs is 2. The number of carboxylic acid groups (broad SMARTS) is 1. The summed E-state index contributed by atoms with van der Waals surface area (Å²) in [5.41, 5.74) is 3.32. The van der Waals surface area contributed by atoms with Crippen LogP contribution in [-0.4, -0.2) is 17.0 Å². The third kappa shape index (κ3) is 2.95. The number of aliphatic carboxylic acids is 1. The topological polar surface area (TPSA) is 66.4 Å². The van der Waals surface area contributed by atoms with Crippen molar-refractivity contribution in [2.24, 2.45) is 23.7 Å². The van der Waals surface area contributed by atoms with Crippen LogP contribution >= 0.6 is 11.6 Å². The van der Waals surface area contributed by atoms with Crippen LogP contribution < -0.4 is 5.32 Å². The van der Waals surface area contributed by atoms with Crippen molar-refractivity contribution in [2.75, 3.05) is 0 Å². The normalized spacial score (nSPS) is 28.0. The lowest BCUT2D eigenvalue weighted by atomic mass is 9.78. The van der Waals surface area contributed by atoms with Gasteiger partial charge < -0.3 is 10.4 Å². The first-order valence-electron chi connectivity index (χ1n) is 8.32. The summed E-state index contributed by atoms with van der Waals surface area (Å²) in [7, 11) is 0. The number of rotatable bonds is 4. The molecule has 1 aromatic carbocycles. The zero-order valence-corrected chi connectivity index (χ0v) is 14.6. The van der Waals surface area contributed by atoms with Gasteiger partial charge in [-0.3, -0.25) is 9.59 Å². The van der Waals surface area contributed by atoms with Crippen LogP contribution in [0.5, 0.6) is 0 Å². The summed E-state index contributed by atoms with van der Waals surface area (Å²) >= 11 is 5.86. The standard InChI is InChI=1S/C19H22ClNO3/c1-10(2)15-13-7-8-14(15)17(19(23)24)16(13)18(22)21-9-11-3-5-12(20)6-4-11/h3-6,13-14,16-17H,7-9H2,1-2H3,(H,21,22)(H,23,24)/t13-,14-,16+,17-/m1/s1. The smallest absolute Gasteiger partial charge is 0.307 e. The molecule has 0 aromatic heterocycles. The molecular formula is C19H22ClNO3. The number of hydrogen-bond donors (Lipinski definition) is 2. The van der Waals surface area contributed by atoms with Gasteiger partial charge >= 0.3 is 5.97 Å². The Morgan fingerprint density at radius 1 is 1.12 bits per heavy atom. The molecule has 2 aliphatic rings. The zero-order valence-electron chi connectivity index (χ0n) is 13.9. The summed E-state index contributed by atoms with van der Waals surface area (Å²) in [6, 6.07) is 7.28. The fraction of sp³-hybridized carbons (Fsp3) is 0.474.